The Morgan fingerprint density at radius 3 is 3.06 bits per heavy atom. The van der Waals surface area contributed by atoms with Crippen molar-refractivity contribution in [1.29, 1.82) is 0 Å². The Balaban J connectivity index is 2.21. The van der Waals surface area contributed by atoms with Crippen LogP contribution in [0.4, 0.5) is 0 Å². The molecular weight excluding hydrogens is 206 g/mol. The summed E-state index contributed by atoms with van der Waals surface area (Å²) in [5, 5.41) is 3.22. The molecule has 0 unspecified atom stereocenters. The van der Waals surface area contributed by atoms with Gasteiger partial charge >= 0.3 is 0 Å². The van der Waals surface area contributed by atoms with Crippen molar-refractivity contribution in [3.05, 3.63) is 34.2 Å². The van der Waals surface area contributed by atoms with Crippen LogP contribution in [0.3, 0.4) is 0 Å². The van der Waals surface area contributed by atoms with Gasteiger partial charge in [-0.25, -0.2) is 0 Å². The normalized spacial score (nSPS) is 20.8. The summed E-state index contributed by atoms with van der Waals surface area (Å²) in [6.07, 6.45) is 1.50. The van der Waals surface area contributed by atoms with Crippen LogP contribution in [0, 0.1) is 0 Å². The van der Waals surface area contributed by atoms with Gasteiger partial charge in [0.05, 0.1) is 0 Å². The van der Waals surface area contributed by atoms with Gasteiger partial charge in [-0.3, -0.25) is 9.59 Å². The molecule has 1 aliphatic heterocycles. The van der Waals surface area contributed by atoms with Gasteiger partial charge in [0.1, 0.15) is 0 Å². The van der Waals surface area contributed by atoms with E-state index in [4.69, 9.17) is 0 Å². The second-order valence-corrected chi connectivity index (χ2v) is 3.99. The van der Waals surface area contributed by atoms with Crippen LogP contribution in [-0.4, -0.2) is 41.5 Å². The van der Waals surface area contributed by atoms with E-state index in [1.54, 1.807) is 11.0 Å². The summed E-state index contributed by atoms with van der Waals surface area (Å²) in [5.74, 6) is -0.0694. The van der Waals surface area contributed by atoms with Crippen molar-refractivity contribution < 1.29 is 4.79 Å². The smallest absolute Gasteiger partial charge is 0.254 e. The van der Waals surface area contributed by atoms with Crippen LogP contribution in [0.1, 0.15) is 17.3 Å². The largest absolute Gasteiger partial charge is 0.333 e. The van der Waals surface area contributed by atoms with Gasteiger partial charge in [-0.1, -0.05) is 0 Å². The van der Waals surface area contributed by atoms with Crippen molar-refractivity contribution in [3.8, 4) is 0 Å². The molecule has 86 valence electrons. The molecule has 1 aromatic heterocycles. The number of aromatic amines is 1. The zero-order valence-electron chi connectivity index (χ0n) is 9.19. The van der Waals surface area contributed by atoms with Gasteiger partial charge in [0.25, 0.3) is 5.91 Å². The van der Waals surface area contributed by atoms with Crippen molar-refractivity contribution in [3.63, 3.8) is 0 Å². The number of pyridine rings is 1. The lowest BCUT2D eigenvalue weighted by atomic mass is 10.1. The predicted octanol–water partition coefficient (Wildman–Crippen LogP) is -0.191. The highest BCUT2D eigenvalue weighted by atomic mass is 16.2. The third kappa shape index (κ3) is 2.14. The first-order valence-electron chi connectivity index (χ1n) is 5.39. The van der Waals surface area contributed by atoms with E-state index in [0.717, 1.165) is 13.1 Å². The summed E-state index contributed by atoms with van der Waals surface area (Å²) in [5.41, 5.74) is 0.214. The molecule has 0 radical (unpaired) electrons. The Morgan fingerprint density at radius 1 is 1.56 bits per heavy atom. The first kappa shape index (κ1) is 10.9. The molecule has 2 heterocycles. The lowest BCUT2D eigenvalue weighted by molar-refractivity contribution is 0.0655. The molecule has 0 saturated carbocycles. The summed E-state index contributed by atoms with van der Waals surface area (Å²) in [7, 11) is 0. The van der Waals surface area contributed by atoms with E-state index in [9.17, 15) is 9.59 Å². The second kappa shape index (κ2) is 4.49. The number of piperazine rings is 1. The third-order valence-corrected chi connectivity index (χ3v) is 2.78. The van der Waals surface area contributed by atoms with Crippen molar-refractivity contribution in [2.45, 2.75) is 13.0 Å². The quantitative estimate of drug-likeness (QED) is 0.690. The average Bonchev–Trinajstić information content (AvgIpc) is 2.29. The van der Waals surface area contributed by atoms with Crippen LogP contribution < -0.4 is 10.9 Å². The highest BCUT2D eigenvalue weighted by Crippen LogP contribution is 2.08. The van der Waals surface area contributed by atoms with Gasteiger partial charge in [-0.15, -0.1) is 0 Å². The van der Waals surface area contributed by atoms with Gasteiger partial charge in [-0.05, 0) is 13.0 Å². The summed E-state index contributed by atoms with van der Waals surface area (Å²) in [6.45, 7) is 4.29. The first-order chi connectivity index (χ1) is 7.68. The molecule has 1 aromatic rings. The number of carbonyl (C=O) groups is 1. The number of amides is 1. The number of nitrogens with one attached hydrogen (secondary N) is 2. The van der Waals surface area contributed by atoms with Crippen LogP contribution in [0.15, 0.2) is 23.1 Å². The Kier molecular flexibility index (Phi) is 3.05. The highest BCUT2D eigenvalue weighted by molar-refractivity contribution is 5.94. The molecule has 1 atom stereocenters. The number of hydrogen-bond donors (Lipinski definition) is 2. The molecule has 1 saturated heterocycles. The van der Waals surface area contributed by atoms with Gasteiger partial charge in [0.2, 0.25) is 5.56 Å². The Morgan fingerprint density at radius 2 is 2.38 bits per heavy atom. The summed E-state index contributed by atoms with van der Waals surface area (Å²) < 4.78 is 0. The van der Waals surface area contributed by atoms with E-state index in [-0.39, 0.29) is 17.5 Å². The molecule has 1 amide bonds. The average molecular weight is 221 g/mol. The zero-order valence-corrected chi connectivity index (χ0v) is 9.19. The lowest BCUT2D eigenvalue weighted by Gasteiger charge is -2.33. The van der Waals surface area contributed by atoms with E-state index >= 15 is 0 Å². The SMILES string of the molecule is C[C@@H]1CNCCN1C(=O)c1cc[nH]c(=O)c1. The van der Waals surface area contributed by atoms with Gasteiger partial charge in [0.15, 0.2) is 0 Å². The summed E-state index contributed by atoms with van der Waals surface area (Å²) >= 11 is 0. The standard InChI is InChI=1S/C11H15N3O2/c1-8-7-12-4-5-14(8)11(16)9-2-3-13-10(15)6-9/h2-3,6,8,12H,4-5,7H2,1H3,(H,13,15)/t8-/m1/s1. The minimum atomic E-state index is -0.242. The molecule has 2 N–H and O–H groups in total. The number of hydrogen-bond acceptors (Lipinski definition) is 3. The number of aromatic nitrogens is 1. The number of nitrogens with zero attached hydrogens (tertiary/aromatic N) is 1. The Hall–Kier alpha value is -1.62. The maximum atomic E-state index is 12.1. The molecule has 0 aromatic carbocycles. The van der Waals surface area contributed by atoms with Crippen LogP contribution in [0.5, 0.6) is 0 Å². The Bertz CT molecular complexity index is 441. The van der Waals surface area contributed by atoms with Crippen LogP contribution in [-0.2, 0) is 0 Å². The van der Waals surface area contributed by atoms with Crippen molar-refractivity contribution >= 4 is 5.91 Å². The zero-order chi connectivity index (χ0) is 11.5. The molecule has 0 spiro atoms. The van der Waals surface area contributed by atoms with Crippen molar-refractivity contribution in [1.82, 2.24) is 15.2 Å². The molecule has 2 rings (SSSR count). The minimum absolute atomic E-state index is 0.0694. The van der Waals surface area contributed by atoms with E-state index < -0.39 is 0 Å². The van der Waals surface area contributed by atoms with E-state index in [1.807, 2.05) is 6.92 Å². The fourth-order valence-electron chi connectivity index (χ4n) is 1.89. The monoisotopic (exact) mass is 221 g/mol. The summed E-state index contributed by atoms with van der Waals surface area (Å²) in [6, 6.07) is 3.15. The highest BCUT2D eigenvalue weighted by Gasteiger charge is 2.23. The minimum Gasteiger partial charge on any atom is -0.333 e. The molecule has 0 bridgehead atoms. The fourth-order valence-corrected chi connectivity index (χ4v) is 1.89. The van der Waals surface area contributed by atoms with Gasteiger partial charge in [0, 0.05) is 43.5 Å². The predicted molar refractivity (Wildman–Crippen MR) is 60.4 cm³/mol. The molecule has 1 fully saturated rings. The molecule has 1 aliphatic rings. The molecule has 16 heavy (non-hydrogen) atoms. The number of carbonyl (C=O) groups excluding carboxylic acids is 1. The van der Waals surface area contributed by atoms with E-state index in [0.29, 0.717) is 12.1 Å². The fraction of sp³-hybridized carbons (Fsp3) is 0.455. The van der Waals surface area contributed by atoms with Crippen LogP contribution in [0.25, 0.3) is 0 Å². The molecular formula is C11H15N3O2. The molecule has 5 heteroatoms. The lowest BCUT2D eigenvalue weighted by Crippen LogP contribution is -2.52. The Labute approximate surface area is 93.5 Å². The first-order valence-corrected chi connectivity index (χ1v) is 5.39. The van der Waals surface area contributed by atoms with E-state index in [2.05, 4.69) is 10.3 Å². The number of rotatable bonds is 1. The summed E-state index contributed by atoms with van der Waals surface area (Å²) in [4.78, 5) is 27.5. The molecule has 0 aliphatic carbocycles. The second-order valence-electron chi connectivity index (χ2n) is 3.99. The third-order valence-electron chi connectivity index (χ3n) is 2.78. The van der Waals surface area contributed by atoms with Gasteiger partial charge in [-0.2, -0.15) is 0 Å². The van der Waals surface area contributed by atoms with E-state index in [1.165, 1.54) is 12.3 Å². The number of H-pyrrole nitrogens is 1. The van der Waals surface area contributed by atoms with Crippen LogP contribution >= 0.6 is 0 Å². The van der Waals surface area contributed by atoms with Crippen molar-refractivity contribution in [2.24, 2.45) is 0 Å². The maximum Gasteiger partial charge on any atom is 0.254 e. The topological polar surface area (TPSA) is 65.2 Å². The van der Waals surface area contributed by atoms with Gasteiger partial charge < -0.3 is 15.2 Å². The maximum absolute atomic E-state index is 12.1. The van der Waals surface area contributed by atoms with Crippen LogP contribution in [0.2, 0.25) is 0 Å². The van der Waals surface area contributed by atoms with Crippen molar-refractivity contribution in [2.75, 3.05) is 19.6 Å². The molecule has 5 nitrogen and oxygen atoms in total.